The number of ether oxygens (including phenoxy) is 1. The highest BCUT2D eigenvalue weighted by Gasteiger charge is 2.30. The first kappa shape index (κ1) is 18.5. The van der Waals surface area contributed by atoms with Crippen LogP contribution >= 0.6 is 12.4 Å². The first-order valence-corrected chi connectivity index (χ1v) is 6.49. The molecule has 0 saturated heterocycles. The molecule has 0 aliphatic heterocycles. The maximum Gasteiger partial charge on any atom is 0.277 e. The summed E-state index contributed by atoms with van der Waals surface area (Å²) in [5.74, 6) is -3.53. The SMILES string of the molecule is CCC(OC1CCCC1)C(=O)NCC(F)(F)CN.Cl. The fourth-order valence-corrected chi connectivity index (χ4v) is 2.00. The number of carbonyl (C=O) groups excluding carboxylic acids is 1. The van der Waals surface area contributed by atoms with Crippen molar-refractivity contribution in [3.05, 3.63) is 0 Å². The third kappa shape index (κ3) is 6.49. The molecule has 3 N–H and O–H groups in total. The van der Waals surface area contributed by atoms with Crippen molar-refractivity contribution in [3.8, 4) is 0 Å². The van der Waals surface area contributed by atoms with Crippen molar-refractivity contribution in [1.29, 1.82) is 0 Å². The van der Waals surface area contributed by atoms with E-state index in [1.54, 1.807) is 6.92 Å². The van der Waals surface area contributed by atoms with Gasteiger partial charge < -0.3 is 15.8 Å². The second-order valence-corrected chi connectivity index (χ2v) is 4.72. The predicted molar refractivity (Wildman–Crippen MR) is 71.7 cm³/mol. The number of nitrogens with one attached hydrogen (secondary N) is 1. The molecule has 0 aromatic heterocycles. The minimum Gasteiger partial charge on any atom is -0.365 e. The van der Waals surface area contributed by atoms with Gasteiger partial charge in [-0.3, -0.25) is 4.79 Å². The zero-order valence-electron chi connectivity index (χ0n) is 11.2. The Hall–Kier alpha value is -0.460. The Bertz CT molecular complexity index is 274. The molecule has 114 valence electrons. The van der Waals surface area contributed by atoms with Gasteiger partial charge in [0.15, 0.2) is 0 Å². The van der Waals surface area contributed by atoms with Gasteiger partial charge in [-0.15, -0.1) is 12.4 Å². The minimum absolute atomic E-state index is 0. The van der Waals surface area contributed by atoms with E-state index in [0.717, 1.165) is 25.7 Å². The smallest absolute Gasteiger partial charge is 0.277 e. The predicted octanol–water partition coefficient (Wildman–Crippen LogP) is 1.86. The molecule has 1 unspecified atom stereocenters. The Morgan fingerprint density at radius 1 is 1.47 bits per heavy atom. The van der Waals surface area contributed by atoms with Gasteiger partial charge in [0.1, 0.15) is 6.10 Å². The maximum atomic E-state index is 12.9. The molecule has 0 radical (unpaired) electrons. The van der Waals surface area contributed by atoms with Gasteiger partial charge >= 0.3 is 0 Å². The fraction of sp³-hybridized carbons (Fsp3) is 0.917. The van der Waals surface area contributed by atoms with Crippen LogP contribution in [0, 0.1) is 0 Å². The monoisotopic (exact) mass is 300 g/mol. The number of carbonyl (C=O) groups is 1. The van der Waals surface area contributed by atoms with Gasteiger partial charge in [-0.25, -0.2) is 8.78 Å². The largest absolute Gasteiger partial charge is 0.365 e. The highest BCUT2D eigenvalue weighted by molar-refractivity contribution is 5.85. The molecule has 0 aromatic carbocycles. The molecule has 1 aliphatic carbocycles. The van der Waals surface area contributed by atoms with Gasteiger partial charge in [0.2, 0.25) is 5.91 Å². The van der Waals surface area contributed by atoms with E-state index in [4.69, 9.17) is 10.5 Å². The molecule has 1 aliphatic rings. The summed E-state index contributed by atoms with van der Waals surface area (Å²) < 4.78 is 31.4. The van der Waals surface area contributed by atoms with Gasteiger partial charge in [0, 0.05) is 0 Å². The van der Waals surface area contributed by atoms with Crippen LogP contribution in [0.1, 0.15) is 39.0 Å². The molecule has 1 amide bonds. The second-order valence-electron chi connectivity index (χ2n) is 4.72. The third-order valence-corrected chi connectivity index (χ3v) is 3.14. The number of hydrogen-bond donors (Lipinski definition) is 2. The highest BCUT2D eigenvalue weighted by Crippen LogP contribution is 2.23. The Kier molecular flexibility index (Phi) is 8.45. The van der Waals surface area contributed by atoms with Crippen molar-refractivity contribution in [2.45, 2.75) is 57.2 Å². The van der Waals surface area contributed by atoms with Crippen molar-refractivity contribution >= 4 is 18.3 Å². The molecule has 4 nitrogen and oxygen atoms in total. The minimum atomic E-state index is -3.05. The van der Waals surface area contributed by atoms with E-state index in [1.807, 2.05) is 0 Å². The van der Waals surface area contributed by atoms with Gasteiger partial charge in [-0.05, 0) is 19.3 Å². The number of nitrogens with two attached hydrogens (primary N) is 1. The molecule has 0 bridgehead atoms. The summed E-state index contributed by atoms with van der Waals surface area (Å²) in [5, 5.41) is 2.20. The standard InChI is InChI=1S/C12H22F2N2O2.ClH/c1-2-10(18-9-5-3-4-6-9)11(17)16-8-12(13,14)7-15;/h9-10H,2-8,15H2,1H3,(H,16,17);1H. The summed E-state index contributed by atoms with van der Waals surface area (Å²) >= 11 is 0. The molecule has 19 heavy (non-hydrogen) atoms. The van der Waals surface area contributed by atoms with Crippen LogP contribution in [-0.2, 0) is 9.53 Å². The van der Waals surface area contributed by atoms with E-state index in [0.29, 0.717) is 6.42 Å². The summed E-state index contributed by atoms with van der Waals surface area (Å²) in [6.07, 6.45) is 4.04. The summed E-state index contributed by atoms with van der Waals surface area (Å²) in [7, 11) is 0. The van der Waals surface area contributed by atoms with E-state index in [9.17, 15) is 13.6 Å². The van der Waals surface area contributed by atoms with E-state index < -0.39 is 31.0 Å². The molecule has 0 heterocycles. The summed E-state index contributed by atoms with van der Waals surface area (Å²) in [5.41, 5.74) is 4.90. The molecule has 1 fully saturated rings. The lowest BCUT2D eigenvalue weighted by atomic mass is 10.2. The zero-order chi connectivity index (χ0) is 13.6. The maximum absolute atomic E-state index is 12.9. The van der Waals surface area contributed by atoms with Crippen molar-refractivity contribution in [1.82, 2.24) is 5.32 Å². The van der Waals surface area contributed by atoms with E-state index in [-0.39, 0.29) is 18.5 Å². The lowest BCUT2D eigenvalue weighted by molar-refractivity contribution is -0.138. The van der Waals surface area contributed by atoms with Gasteiger partial charge in [0.05, 0.1) is 19.2 Å². The van der Waals surface area contributed by atoms with Crippen LogP contribution in [0.25, 0.3) is 0 Å². The van der Waals surface area contributed by atoms with Gasteiger partial charge in [-0.2, -0.15) is 0 Å². The lowest BCUT2D eigenvalue weighted by Gasteiger charge is -2.22. The second kappa shape index (κ2) is 8.66. The Balaban J connectivity index is 0.00000324. The number of amides is 1. The topological polar surface area (TPSA) is 64.3 Å². The van der Waals surface area contributed by atoms with Crippen LogP contribution in [0.5, 0.6) is 0 Å². The van der Waals surface area contributed by atoms with Crippen molar-refractivity contribution in [2.75, 3.05) is 13.1 Å². The summed E-state index contributed by atoms with van der Waals surface area (Å²) in [6.45, 7) is 0.306. The molecule has 0 spiro atoms. The summed E-state index contributed by atoms with van der Waals surface area (Å²) in [6, 6.07) is 0. The molecule has 1 rings (SSSR count). The number of rotatable bonds is 7. The Morgan fingerprint density at radius 3 is 2.53 bits per heavy atom. The van der Waals surface area contributed by atoms with E-state index in [2.05, 4.69) is 5.32 Å². The van der Waals surface area contributed by atoms with E-state index >= 15 is 0 Å². The van der Waals surface area contributed by atoms with Crippen LogP contribution < -0.4 is 11.1 Å². The van der Waals surface area contributed by atoms with Crippen LogP contribution in [0.3, 0.4) is 0 Å². The fourth-order valence-electron chi connectivity index (χ4n) is 2.00. The van der Waals surface area contributed by atoms with Crippen LogP contribution in [0.15, 0.2) is 0 Å². The van der Waals surface area contributed by atoms with Crippen molar-refractivity contribution in [3.63, 3.8) is 0 Å². The number of hydrogen-bond acceptors (Lipinski definition) is 3. The normalized spacial score (nSPS) is 17.9. The third-order valence-electron chi connectivity index (χ3n) is 3.14. The van der Waals surface area contributed by atoms with Crippen molar-refractivity contribution in [2.24, 2.45) is 5.73 Å². The molecular formula is C12H23ClF2N2O2. The average molecular weight is 301 g/mol. The van der Waals surface area contributed by atoms with Crippen LogP contribution in [0.4, 0.5) is 8.78 Å². The number of alkyl halides is 2. The molecule has 7 heteroatoms. The van der Waals surface area contributed by atoms with Crippen LogP contribution in [-0.4, -0.2) is 37.1 Å². The van der Waals surface area contributed by atoms with E-state index in [1.165, 1.54) is 0 Å². The first-order valence-electron chi connectivity index (χ1n) is 6.49. The lowest BCUT2D eigenvalue weighted by Crippen LogP contribution is -2.46. The summed E-state index contributed by atoms with van der Waals surface area (Å²) in [4.78, 5) is 11.7. The molecule has 1 saturated carbocycles. The molecule has 0 aromatic rings. The first-order chi connectivity index (χ1) is 8.48. The Labute approximate surface area is 118 Å². The van der Waals surface area contributed by atoms with Gasteiger partial charge in [-0.1, -0.05) is 19.8 Å². The number of halogens is 3. The highest BCUT2D eigenvalue weighted by atomic mass is 35.5. The molecular weight excluding hydrogens is 278 g/mol. The zero-order valence-corrected chi connectivity index (χ0v) is 12.0. The Morgan fingerprint density at radius 2 is 2.05 bits per heavy atom. The average Bonchev–Trinajstić information content (AvgIpc) is 2.86. The van der Waals surface area contributed by atoms with Gasteiger partial charge in [0.25, 0.3) is 5.92 Å². The quantitative estimate of drug-likeness (QED) is 0.754. The molecule has 1 atom stereocenters. The van der Waals surface area contributed by atoms with Crippen molar-refractivity contribution < 1.29 is 18.3 Å². The van der Waals surface area contributed by atoms with Crippen LogP contribution in [0.2, 0.25) is 0 Å².